The van der Waals surface area contributed by atoms with E-state index >= 15 is 0 Å². The number of nitrogens with one attached hydrogen (secondary N) is 2. The van der Waals surface area contributed by atoms with E-state index in [4.69, 9.17) is 0 Å². The quantitative estimate of drug-likeness (QED) is 0.873. The zero-order chi connectivity index (χ0) is 13.9. The normalized spacial score (nSPS) is 12.0. The summed E-state index contributed by atoms with van der Waals surface area (Å²) in [7, 11) is 0. The van der Waals surface area contributed by atoms with Crippen LogP contribution < -0.4 is 10.6 Å². The number of anilines is 2. The summed E-state index contributed by atoms with van der Waals surface area (Å²) in [5.74, 6) is 0.490. The van der Waals surface area contributed by atoms with Gasteiger partial charge in [-0.25, -0.2) is 4.98 Å². The van der Waals surface area contributed by atoms with Gasteiger partial charge in [-0.3, -0.25) is 4.79 Å². The SMILES string of the molecule is Cc1ccc(NC(=O)c2cccc3c2CCCN3)nc1.Cl.Cl. The lowest BCUT2D eigenvalue weighted by molar-refractivity contribution is 0.102. The van der Waals surface area contributed by atoms with Gasteiger partial charge < -0.3 is 10.6 Å². The van der Waals surface area contributed by atoms with Crippen molar-refractivity contribution in [1.29, 1.82) is 0 Å². The molecular weight excluding hydrogens is 321 g/mol. The van der Waals surface area contributed by atoms with Crippen LogP contribution >= 0.6 is 24.8 Å². The molecule has 2 N–H and O–H groups in total. The molecule has 0 saturated heterocycles. The first-order valence-corrected chi connectivity index (χ1v) is 6.84. The van der Waals surface area contributed by atoms with Crippen LogP contribution in [0.1, 0.15) is 27.9 Å². The van der Waals surface area contributed by atoms with E-state index < -0.39 is 0 Å². The lowest BCUT2D eigenvalue weighted by atomic mass is 9.97. The Kier molecular flexibility index (Phi) is 6.65. The van der Waals surface area contributed by atoms with Gasteiger partial charge in [0.1, 0.15) is 5.82 Å². The van der Waals surface area contributed by atoms with Gasteiger partial charge in [-0.1, -0.05) is 12.1 Å². The highest BCUT2D eigenvalue weighted by Gasteiger charge is 2.17. The van der Waals surface area contributed by atoms with Gasteiger partial charge in [0, 0.05) is 24.0 Å². The van der Waals surface area contributed by atoms with Crippen LogP contribution in [0.25, 0.3) is 0 Å². The van der Waals surface area contributed by atoms with Crippen molar-refractivity contribution < 1.29 is 4.79 Å². The number of halogens is 2. The molecule has 0 unspecified atom stereocenters. The molecule has 3 rings (SSSR count). The standard InChI is InChI=1S/C16H17N3O.2ClH/c1-11-7-8-15(18-10-11)19-16(20)13-4-2-6-14-12(13)5-3-9-17-14;;/h2,4,6-8,10,17H,3,5,9H2,1H3,(H,18,19,20);2*1H. The molecule has 0 radical (unpaired) electrons. The fraction of sp³-hybridized carbons (Fsp3) is 0.250. The number of rotatable bonds is 2. The largest absolute Gasteiger partial charge is 0.385 e. The predicted molar refractivity (Wildman–Crippen MR) is 94.7 cm³/mol. The van der Waals surface area contributed by atoms with Gasteiger partial charge in [0.05, 0.1) is 0 Å². The van der Waals surface area contributed by atoms with Gasteiger partial charge in [0.2, 0.25) is 0 Å². The molecule has 1 amide bonds. The van der Waals surface area contributed by atoms with E-state index in [2.05, 4.69) is 15.6 Å². The molecule has 0 aliphatic carbocycles. The number of aromatic nitrogens is 1. The fourth-order valence-electron chi connectivity index (χ4n) is 2.45. The lowest BCUT2D eigenvalue weighted by Gasteiger charge is -2.20. The summed E-state index contributed by atoms with van der Waals surface area (Å²) in [4.78, 5) is 16.6. The highest BCUT2D eigenvalue weighted by molar-refractivity contribution is 6.05. The second-order valence-corrected chi connectivity index (χ2v) is 5.04. The topological polar surface area (TPSA) is 54.0 Å². The molecule has 0 saturated carbocycles. The number of hydrogen-bond donors (Lipinski definition) is 2. The Labute approximate surface area is 142 Å². The van der Waals surface area contributed by atoms with E-state index in [0.29, 0.717) is 5.82 Å². The second kappa shape index (κ2) is 8.01. The third-order valence-electron chi connectivity index (χ3n) is 3.49. The summed E-state index contributed by atoms with van der Waals surface area (Å²) in [5.41, 5.74) is 3.98. The summed E-state index contributed by atoms with van der Waals surface area (Å²) in [6.45, 7) is 2.94. The minimum absolute atomic E-state index is 0. The van der Waals surface area contributed by atoms with Gasteiger partial charge in [0.25, 0.3) is 5.91 Å². The Bertz CT molecular complexity index is 644. The maximum Gasteiger partial charge on any atom is 0.257 e. The first-order valence-electron chi connectivity index (χ1n) is 6.84. The first-order chi connectivity index (χ1) is 9.74. The number of hydrogen-bond acceptors (Lipinski definition) is 3. The number of nitrogens with zero attached hydrogens (tertiary/aromatic N) is 1. The summed E-state index contributed by atoms with van der Waals surface area (Å²) in [6.07, 6.45) is 3.74. The summed E-state index contributed by atoms with van der Waals surface area (Å²) in [6, 6.07) is 9.56. The van der Waals surface area contributed by atoms with E-state index in [0.717, 1.165) is 41.8 Å². The van der Waals surface area contributed by atoms with E-state index in [9.17, 15) is 4.79 Å². The molecule has 1 aliphatic heterocycles. The Hall–Kier alpha value is -1.78. The molecule has 1 aromatic heterocycles. The van der Waals surface area contributed by atoms with E-state index in [-0.39, 0.29) is 30.7 Å². The molecule has 6 heteroatoms. The van der Waals surface area contributed by atoms with Crippen molar-refractivity contribution in [3.05, 3.63) is 53.2 Å². The molecule has 2 aromatic rings. The van der Waals surface area contributed by atoms with Crippen molar-refractivity contribution in [2.75, 3.05) is 17.2 Å². The Balaban J connectivity index is 0.00000121. The third kappa shape index (κ3) is 3.90. The third-order valence-corrected chi connectivity index (χ3v) is 3.49. The summed E-state index contributed by atoms with van der Waals surface area (Å²) < 4.78 is 0. The molecule has 0 atom stereocenters. The maximum absolute atomic E-state index is 12.4. The number of carbonyl (C=O) groups is 1. The zero-order valence-electron chi connectivity index (χ0n) is 12.3. The van der Waals surface area contributed by atoms with Crippen molar-refractivity contribution in [3.63, 3.8) is 0 Å². The van der Waals surface area contributed by atoms with Crippen LogP contribution in [0.15, 0.2) is 36.5 Å². The Morgan fingerprint density at radius 3 is 2.77 bits per heavy atom. The molecule has 0 spiro atoms. The molecule has 2 heterocycles. The number of benzene rings is 1. The number of pyridine rings is 1. The average Bonchev–Trinajstić information content (AvgIpc) is 2.49. The van der Waals surface area contributed by atoms with Gasteiger partial charge in [-0.15, -0.1) is 24.8 Å². The van der Waals surface area contributed by atoms with E-state index in [1.807, 2.05) is 37.3 Å². The van der Waals surface area contributed by atoms with Gasteiger partial charge >= 0.3 is 0 Å². The number of amides is 1. The van der Waals surface area contributed by atoms with Gasteiger partial charge in [0.15, 0.2) is 0 Å². The van der Waals surface area contributed by atoms with Crippen molar-refractivity contribution >= 4 is 42.2 Å². The van der Waals surface area contributed by atoms with Crippen LogP contribution in [-0.4, -0.2) is 17.4 Å². The van der Waals surface area contributed by atoms with Crippen LogP contribution in [0.3, 0.4) is 0 Å². The summed E-state index contributed by atoms with van der Waals surface area (Å²) in [5, 5.41) is 6.19. The van der Waals surface area contributed by atoms with Crippen molar-refractivity contribution in [2.24, 2.45) is 0 Å². The molecule has 22 heavy (non-hydrogen) atoms. The number of fused-ring (bicyclic) bond motifs is 1. The fourth-order valence-corrected chi connectivity index (χ4v) is 2.45. The first kappa shape index (κ1) is 18.3. The molecule has 118 valence electrons. The Morgan fingerprint density at radius 2 is 2.05 bits per heavy atom. The van der Waals surface area contributed by atoms with Gasteiger partial charge in [-0.05, 0) is 49.1 Å². The smallest absolute Gasteiger partial charge is 0.257 e. The highest BCUT2D eigenvalue weighted by Crippen LogP contribution is 2.25. The van der Waals surface area contributed by atoms with Crippen LogP contribution in [0.4, 0.5) is 11.5 Å². The highest BCUT2D eigenvalue weighted by atomic mass is 35.5. The monoisotopic (exact) mass is 339 g/mol. The summed E-state index contributed by atoms with van der Waals surface area (Å²) >= 11 is 0. The van der Waals surface area contributed by atoms with E-state index in [1.165, 1.54) is 0 Å². The number of carbonyl (C=O) groups excluding carboxylic acids is 1. The van der Waals surface area contributed by atoms with Crippen LogP contribution in [-0.2, 0) is 6.42 Å². The average molecular weight is 340 g/mol. The molecule has 1 aromatic carbocycles. The van der Waals surface area contributed by atoms with Crippen LogP contribution in [0.2, 0.25) is 0 Å². The lowest BCUT2D eigenvalue weighted by Crippen LogP contribution is -2.19. The van der Waals surface area contributed by atoms with Crippen molar-refractivity contribution in [3.8, 4) is 0 Å². The maximum atomic E-state index is 12.4. The van der Waals surface area contributed by atoms with Crippen molar-refractivity contribution in [2.45, 2.75) is 19.8 Å². The van der Waals surface area contributed by atoms with Gasteiger partial charge in [-0.2, -0.15) is 0 Å². The Morgan fingerprint density at radius 1 is 1.23 bits per heavy atom. The van der Waals surface area contributed by atoms with Crippen LogP contribution in [0.5, 0.6) is 0 Å². The van der Waals surface area contributed by atoms with Crippen LogP contribution in [0, 0.1) is 6.92 Å². The molecule has 0 bridgehead atoms. The van der Waals surface area contributed by atoms with Crippen molar-refractivity contribution in [1.82, 2.24) is 4.98 Å². The zero-order valence-corrected chi connectivity index (χ0v) is 13.9. The molecular formula is C16H19Cl2N3O. The molecule has 4 nitrogen and oxygen atoms in total. The minimum atomic E-state index is -0.0955. The number of aryl methyl sites for hydroxylation is 1. The molecule has 0 fully saturated rings. The second-order valence-electron chi connectivity index (χ2n) is 5.04. The molecule has 1 aliphatic rings. The minimum Gasteiger partial charge on any atom is -0.385 e. The van der Waals surface area contributed by atoms with E-state index in [1.54, 1.807) is 6.20 Å². The predicted octanol–water partition coefficient (Wildman–Crippen LogP) is 3.84.